The van der Waals surface area contributed by atoms with Gasteiger partial charge in [0.2, 0.25) is 0 Å². The minimum atomic E-state index is -3.00. The minimum Gasteiger partial charge on any atom is -0.465 e. The van der Waals surface area contributed by atoms with Gasteiger partial charge in [0.25, 0.3) is 5.91 Å². The van der Waals surface area contributed by atoms with Crippen molar-refractivity contribution in [2.75, 3.05) is 19.5 Å². The summed E-state index contributed by atoms with van der Waals surface area (Å²) in [5, 5.41) is 5.68. The lowest BCUT2D eigenvalue weighted by Crippen LogP contribution is -2.19. The van der Waals surface area contributed by atoms with Gasteiger partial charge in [-0.25, -0.2) is 9.59 Å². The van der Waals surface area contributed by atoms with Crippen LogP contribution < -0.4 is 5.32 Å². The summed E-state index contributed by atoms with van der Waals surface area (Å²) in [7, 11) is 2.29. The van der Waals surface area contributed by atoms with E-state index < -0.39 is 30.1 Å². The van der Waals surface area contributed by atoms with Gasteiger partial charge in [0, 0.05) is 11.9 Å². The fourth-order valence-electron chi connectivity index (χ4n) is 2.02. The van der Waals surface area contributed by atoms with Crippen molar-refractivity contribution in [3.8, 4) is 0 Å². The van der Waals surface area contributed by atoms with E-state index in [-0.39, 0.29) is 21.5 Å². The van der Waals surface area contributed by atoms with Gasteiger partial charge < -0.3 is 14.8 Å². The summed E-state index contributed by atoms with van der Waals surface area (Å²) in [6.07, 6.45) is 1.05. The van der Waals surface area contributed by atoms with Crippen LogP contribution in [0.25, 0.3) is 0 Å². The summed E-state index contributed by atoms with van der Waals surface area (Å²) >= 11 is 0. The van der Waals surface area contributed by atoms with E-state index in [1.807, 2.05) is 0 Å². The van der Waals surface area contributed by atoms with Crippen LogP contribution in [0.15, 0.2) is 30.5 Å². The molecule has 0 aliphatic carbocycles. The van der Waals surface area contributed by atoms with Gasteiger partial charge in [-0.05, 0) is 24.3 Å². The highest BCUT2D eigenvalue weighted by atomic mass is 19.3. The molecule has 0 spiro atoms. The number of carbonyl (C=O) groups excluding carboxylic acids is 3. The van der Waals surface area contributed by atoms with E-state index in [2.05, 4.69) is 19.9 Å². The Hall–Kier alpha value is -3.30. The maximum absolute atomic E-state index is 12.8. The summed E-state index contributed by atoms with van der Waals surface area (Å²) in [4.78, 5) is 35.5. The number of nitrogens with zero attached hydrogens (tertiary/aromatic N) is 2. The van der Waals surface area contributed by atoms with Crippen LogP contribution in [0.5, 0.6) is 0 Å². The van der Waals surface area contributed by atoms with Crippen molar-refractivity contribution in [3.05, 3.63) is 47.3 Å². The summed E-state index contributed by atoms with van der Waals surface area (Å²) in [5.41, 5.74) is -0.417. The van der Waals surface area contributed by atoms with E-state index in [0.29, 0.717) is 0 Å². The van der Waals surface area contributed by atoms with Gasteiger partial charge in [-0.1, -0.05) is 0 Å². The van der Waals surface area contributed by atoms with E-state index >= 15 is 0 Å². The van der Waals surface area contributed by atoms with Crippen LogP contribution >= 0.6 is 0 Å². The highest BCUT2D eigenvalue weighted by Crippen LogP contribution is 2.19. The smallest absolute Gasteiger partial charge is 0.337 e. The highest BCUT2D eigenvalue weighted by Gasteiger charge is 2.20. The molecular weight excluding hydrogens is 340 g/mol. The molecule has 0 atom stereocenters. The number of ether oxygens (including phenoxy) is 2. The predicted octanol–water partition coefficient (Wildman–Crippen LogP) is 2.10. The van der Waals surface area contributed by atoms with Crippen LogP contribution in [0, 0.1) is 0 Å². The average molecular weight is 353 g/mol. The number of carbonyl (C=O) groups is 3. The van der Waals surface area contributed by atoms with E-state index in [9.17, 15) is 23.2 Å². The number of anilines is 1. The van der Waals surface area contributed by atoms with E-state index in [1.165, 1.54) is 18.2 Å². The van der Waals surface area contributed by atoms with Gasteiger partial charge in [0.1, 0.15) is 5.69 Å². The number of esters is 2. The van der Waals surface area contributed by atoms with Gasteiger partial charge in [-0.3, -0.25) is 4.79 Å². The van der Waals surface area contributed by atoms with Crippen LogP contribution in [0.4, 0.5) is 14.5 Å². The second-order valence-electron chi connectivity index (χ2n) is 4.68. The Kier molecular flexibility index (Phi) is 5.42. The predicted molar refractivity (Wildman–Crippen MR) is 80.6 cm³/mol. The molecule has 0 saturated heterocycles. The monoisotopic (exact) mass is 353 g/mol. The Morgan fingerprint density at radius 3 is 2.12 bits per heavy atom. The van der Waals surface area contributed by atoms with Crippen LogP contribution in [0.3, 0.4) is 0 Å². The molecule has 0 bridgehead atoms. The van der Waals surface area contributed by atoms with E-state index in [4.69, 9.17) is 0 Å². The number of methoxy groups -OCH3 is 2. The van der Waals surface area contributed by atoms with Gasteiger partial charge in [0.05, 0.1) is 25.3 Å². The molecule has 10 heteroatoms. The first-order valence-corrected chi connectivity index (χ1v) is 6.82. The third-order valence-corrected chi connectivity index (χ3v) is 3.12. The molecule has 1 N–H and O–H groups in total. The fraction of sp³-hybridized carbons (Fsp3) is 0.200. The van der Waals surface area contributed by atoms with Crippen molar-refractivity contribution >= 4 is 23.5 Å². The topological polar surface area (TPSA) is 99.5 Å². The number of amides is 1. The van der Waals surface area contributed by atoms with E-state index in [1.54, 1.807) is 0 Å². The number of alkyl halides is 2. The van der Waals surface area contributed by atoms with Crippen molar-refractivity contribution in [2.45, 2.75) is 6.55 Å². The molecule has 0 radical (unpaired) electrons. The third-order valence-electron chi connectivity index (χ3n) is 3.12. The SMILES string of the molecule is COC(=O)c1cc(NC(=O)c2ccnn2C(F)F)cc(C(=O)OC)c1. The van der Waals surface area contributed by atoms with Crippen molar-refractivity contribution < 1.29 is 32.6 Å². The second-order valence-corrected chi connectivity index (χ2v) is 4.68. The van der Waals surface area contributed by atoms with Crippen LogP contribution in [-0.4, -0.2) is 41.8 Å². The molecule has 0 aliphatic heterocycles. The van der Waals surface area contributed by atoms with Gasteiger partial charge in [0.15, 0.2) is 0 Å². The summed E-state index contributed by atoms with van der Waals surface area (Å²) < 4.78 is 35.0. The number of benzene rings is 1. The molecule has 0 fully saturated rings. The molecule has 0 unspecified atom stereocenters. The largest absolute Gasteiger partial charge is 0.465 e. The quantitative estimate of drug-likeness (QED) is 0.827. The summed E-state index contributed by atoms with van der Waals surface area (Å²) in [6.45, 7) is -3.00. The zero-order valence-electron chi connectivity index (χ0n) is 13.2. The number of rotatable bonds is 5. The standard InChI is InChI=1S/C15H13F2N3O5/c1-24-13(22)8-5-9(14(23)25-2)7-10(6-8)19-12(21)11-3-4-18-20(11)15(16)17/h3-7,15H,1-2H3,(H,19,21). The molecule has 1 aromatic heterocycles. The molecule has 132 valence electrons. The highest BCUT2D eigenvalue weighted by molar-refractivity contribution is 6.05. The Labute approximate surface area is 140 Å². The fourth-order valence-corrected chi connectivity index (χ4v) is 2.02. The normalized spacial score (nSPS) is 10.4. The first-order valence-electron chi connectivity index (χ1n) is 6.82. The molecular formula is C15H13F2N3O5. The number of hydrogen-bond acceptors (Lipinski definition) is 6. The van der Waals surface area contributed by atoms with Crippen molar-refractivity contribution in [1.29, 1.82) is 0 Å². The van der Waals surface area contributed by atoms with Crippen molar-refractivity contribution in [1.82, 2.24) is 9.78 Å². The molecule has 25 heavy (non-hydrogen) atoms. The molecule has 1 heterocycles. The maximum atomic E-state index is 12.8. The molecule has 8 nitrogen and oxygen atoms in total. The van der Waals surface area contributed by atoms with Crippen LogP contribution in [0.1, 0.15) is 37.8 Å². The van der Waals surface area contributed by atoms with Crippen molar-refractivity contribution in [2.24, 2.45) is 0 Å². The number of nitrogens with one attached hydrogen (secondary N) is 1. The maximum Gasteiger partial charge on any atom is 0.337 e. The number of aromatic nitrogens is 2. The van der Waals surface area contributed by atoms with Crippen molar-refractivity contribution in [3.63, 3.8) is 0 Å². The van der Waals surface area contributed by atoms with E-state index in [0.717, 1.165) is 26.5 Å². The molecule has 0 saturated carbocycles. The first-order chi connectivity index (χ1) is 11.9. The lowest BCUT2D eigenvalue weighted by molar-refractivity contribution is 0.0520. The Balaban J connectivity index is 2.37. The Bertz CT molecular complexity index is 785. The second kappa shape index (κ2) is 7.51. The van der Waals surface area contributed by atoms with Crippen LogP contribution in [0.2, 0.25) is 0 Å². The lowest BCUT2D eigenvalue weighted by Gasteiger charge is -2.10. The zero-order chi connectivity index (χ0) is 18.6. The average Bonchev–Trinajstić information content (AvgIpc) is 3.10. The van der Waals surface area contributed by atoms with Gasteiger partial charge in [-0.15, -0.1) is 0 Å². The molecule has 1 aromatic carbocycles. The van der Waals surface area contributed by atoms with Crippen LogP contribution in [-0.2, 0) is 9.47 Å². The Morgan fingerprint density at radius 2 is 1.64 bits per heavy atom. The first kappa shape index (κ1) is 18.0. The lowest BCUT2D eigenvalue weighted by atomic mass is 10.1. The number of hydrogen-bond donors (Lipinski definition) is 1. The third kappa shape index (κ3) is 3.97. The number of halogens is 2. The van der Waals surface area contributed by atoms with Gasteiger partial charge in [-0.2, -0.15) is 18.6 Å². The Morgan fingerprint density at radius 1 is 1.08 bits per heavy atom. The minimum absolute atomic E-state index is 0.0234. The molecule has 1 amide bonds. The summed E-state index contributed by atoms with van der Waals surface area (Å²) in [6, 6.07) is 4.79. The molecule has 2 rings (SSSR count). The zero-order valence-corrected chi connectivity index (χ0v) is 13.2. The van der Waals surface area contributed by atoms with Gasteiger partial charge >= 0.3 is 18.5 Å². The molecule has 0 aliphatic rings. The molecule has 2 aromatic rings. The summed E-state index contributed by atoms with van der Waals surface area (Å²) in [5.74, 6) is -2.40.